The maximum Gasteiger partial charge on any atom is 0.0419 e. The van der Waals surface area contributed by atoms with Crippen molar-refractivity contribution in [3.63, 3.8) is 0 Å². The number of carboxylic acid groups (broad SMARTS) is 2. The molecule has 0 bridgehead atoms. The minimum atomic E-state index is -1.06. The van der Waals surface area contributed by atoms with Gasteiger partial charge in [-0.15, -0.1) is 0 Å². The highest BCUT2D eigenvalue weighted by Gasteiger charge is 2.56. The average molecular weight is 320 g/mol. The van der Waals surface area contributed by atoms with Gasteiger partial charge >= 0.3 is 0 Å². The minimum absolute atomic E-state index is 0.0183. The smallest absolute Gasteiger partial charge is 0.0419 e. The van der Waals surface area contributed by atoms with Crippen LogP contribution in [0, 0.1) is 34.5 Å². The number of carboxylic acids is 2. The molecule has 0 saturated heterocycles. The number of hydrogen-bond acceptors (Lipinski definition) is 4. The first-order chi connectivity index (χ1) is 10.8. The quantitative estimate of drug-likeness (QED) is 0.786. The first-order valence-corrected chi connectivity index (χ1v) is 9.16. The summed E-state index contributed by atoms with van der Waals surface area (Å²) in [6, 6.07) is 0. The van der Waals surface area contributed by atoms with E-state index in [1.807, 2.05) is 6.92 Å². The molecule has 3 fully saturated rings. The summed E-state index contributed by atoms with van der Waals surface area (Å²) in [5.41, 5.74) is -0.0452. The van der Waals surface area contributed by atoms with Crippen molar-refractivity contribution in [1.82, 2.24) is 0 Å². The Labute approximate surface area is 138 Å². The predicted octanol–water partition coefficient (Wildman–Crippen LogP) is 1.52. The second-order valence-electron chi connectivity index (χ2n) is 8.87. The van der Waals surface area contributed by atoms with Crippen LogP contribution < -0.4 is 10.2 Å². The highest BCUT2D eigenvalue weighted by atomic mass is 16.4. The Balaban J connectivity index is 1.90. The molecule has 0 unspecified atom stereocenters. The van der Waals surface area contributed by atoms with E-state index in [-0.39, 0.29) is 18.8 Å². The van der Waals surface area contributed by atoms with Gasteiger partial charge in [-0.05, 0) is 85.9 Å². The van der Waals surface area contributed by atoms with Crippen molar-refractivity contribution in [3.05, 3.63) is 0 Å². The lowest BCUT2D eigenvalue weighted by Gasteiger charge is -2.58. The molecule has 3 aliphatic rings. The first-order valence-electron chi connectivity index (χ1n) is 9.16. The Kier molecular flexibility index (Phi) is 4.22. The number of carbonyl (C=O) groups is 2. The van der Waals surface area contributed by atoms with Crippen LogP contribution in [0.15, 0.2) is 0 Å². The van der Waals surface area contributed by atoms with Gasteiger partial charge in [0.2, 0.25) is 0 Å². The number of fused-ring (bicyclic) bond motifs is 3. The van der Waals surface area contributed by atoms with E-state index in [0.29, 0.717) is 23.2 Å². The van der Waals surface area contributed by atoms with Gasteiger partial charge in [-0.1, -0.05) is 20.3 Å². The number of hydrogen-bond donors (Lipinski definition) is 0. The van der Waals surface area contributed by atoms with Crippen LogP contribution in [0.3, 0.4) is 0 Å². The Morgan fingerprint density at radius 2 is 1.70 bits per heavy atom. The fourth-order valence-corrected chi connectivity index (χ4v) is 6.65. The molecule has 0 aromatic carbocycles. The molecule has 0 aromatic heterocycles. The van der Waals surface area contributed by atoms with Gasteiger partial charge in [0.1, 0.15) is 0 Å². The van der Waals surface area contributed by atoms with Gasteiger partial charge in [0, 0.05) is 11.9 Å². The summed E-state index contributed by atoms with van der Waals surface area (Å²) in [7, 11) is 0. The van der Waals surface area contributed by atoms with Crippen molar-refractivity contribution < 1.29 is 19.8 Å². The average Bonchev–Trinajstić information content (AvgIpc) is 2.82. The van der Waals surface area contributed by atoms with E-state index < -0.39 is 17.4 Å². The molecule has 130 valence electrons. The molecule has 0 aliphatic heterocycles. The topological polar surface area (TPSA) is 80.3 Å². The van der Waals surface area contributed by atoms with Gasteiger partial charge in [0.05, 0.1) is 0 Å². The van der Waals surface area contributed by atoms with Crippen LogP contribution in [0.4, 0.5) is 0 Å². The zero-order valence-electron chi connectivity index (χ0n) is 14.3. The maximum absolute atomic E-state index is 11.4. The van der Waals surface area contributed by atoms with Crippen molar-refractivity contribution in [1.29, 1.82) is 0 Å². The zero-order valence-corrected chi connectivity index (χ0v) is 14.3. The normalized spacial score (nSPS) is 46.0. The molecule has 4 heteroatoms. The molecular formula is C19H28O4-2. The molecule has 0 spiro atoms. The Morgan fingerprint density at radius 3 is 2.35 bits per heavy atom. The van der Waals surface area contributed by atoms with Crippen LogP contribution >= 0.6 is 0 Å². The van der Waals surface area contributed by atoms with Gasteiger partial charge in [-0.3, -0.25) is 0 Å². The molecule has 0 radical (unpaired) electrons. The van der Waals surface area contributed by atoms with E-state index in [2.05, 4.69) is 6.92 Å². The maximum atomic E-state index is 11.4. The third-order valence-corrected chi connectivity index (χ3v) is 7.78. The molecule has 4 nitrogen and oxygen atoms in total. The van der Waals surface area contributed by atoms with Gasteiger partial charge in [-0.25, -0.2) is 0 Å². The molecule has 6 atom stereocenters. The highest BCUT2D eigenvalue weighted by molar-refractivity contribution is 5.67. The summed E-state index contributed by atoms with van der Waals surface area (Å²) >= 11 is 0. The Bertz CT molecular complexity index is 502. The summed E-state index contributed by atoms with van der Waals surface area (Å²) in [5.74, 6) is -0.646. The van der Waals surface area contributed by atoms with Crippen molar-refractivity contribution >= 4 is 11.9 Å². The summed E-state index contributed by atoms with van der Waals surface area (Å²) in [5, 5.41) is 22.6. The van der Waals surface area contributed by atoms with Crippen LogP contribution in [0.2, 0.25) is 0 Å². The lowest BCUT2D eigenvalue weighted by molar-refractivity contribution is -0.315. The van der Waals surface area contributed by atoms with E-state index in [1.54, 1.807) is 0 Å². The summed E-state index contributed by atoms with van der Waals surface area (Å²) < 4.78 is 0. The van der Waals surface area contributed by atoms with Crippen LogP contribution in [-0.4, -0.2) is 11.9 Å². The number of carbonyl (C=O) groups excluding carboxylic acids is 2. The van der Waals surface area contributed by atoms with E-state index in [1.165, 1.54) is 19.3 Å². The molecular weight excluding hydrogens is 292 g/mol. The molecule has 3 aliphatic carbocycles. The van der Waals surface area contributed by atoms with Crippen LogP contribution in [0.25, 0.3) is 0 Å². The predicted molar refractivity (Wildman–Crippen MR) is 81.7 cm³/mol. The molecule has 0 amide bonds. The molecule has 3 rings (SSSR count). The minimum Gasteiger partial charge on any atom is -0.550 e. The summed E-state index contributed by atoms with van der Waals surface area (Å²) in [6.07, 6.45) is 7.83. The zero-order chi connectivity index (χ0) is 16.8. The molecule has 23 heavy (non-hydrogen) atoms. The fourth-order valence-electron chi connectivity index (χ4n) is 6.65. The van der Waals surface area contributed by atoms with E-state index in [4.69, 9.17) is 0 Å². The highest BCUT2D eigenvalue weighted by Crippen LogP contribution is 2.64. The van der Waals surface area contributed by atoms with Gasteiger partial charge in [0.25, 0.3) is 0 Å². The Morgan fingerprint density at radius 1 is 0.957 bits per heavy atom. The first kappa shape index (κ1) is 16.8. The number of aliphatic carboxylic acids is 2. The van der Waals surface area contributed by atoms with Crippen molar-refractivity contribution in [2.45, 2.75) is 71.6 Å². The molecule has 0 heterocycles. The molecule has 0 N–H and O–H groups in total. The van der Waals surface area contributed by atoms with Gasteiger partial charge in [-0.2, -0.15) is 0 Å². The monoisotopic (exact) mass is 320 g/mol. The summed E-state index contributed by atoms with van der Waals surface area (Å²) in [4.78, 5) is 22.6. The van der Waals surface area contributed by atoms with Crippen molar-refractivity contribution in [3.8, 4) is 0 Å². The third-order valence-electron chi connectivity index (χ3n) is 7.78. The standard InChI is InChI=1S/C19H30O4/c1-18-8-3-4-14(18)13-6-5-12(10-16(20)21)19(2,11-17(22)23)15(13)7-9-18/h12-15H,3-11H2,1-2H3,(H,20,21)(H,22,23)/p-2/t12-,13+,14-,15-,18+,19-/m1/s1. The van der Waals surface area contributed by atoms with E-state index in [9.17, 15) is 19.8 Å². The van der Waals surface area contributed by atoms with Crippen LogP contribution in [0.5, 0.6) is 0 Å². The van der Waals surface area contributed by atoms with Crippen LogP contribution in [0.1, 0.15) is 71.6 Å². The van der Waals surface area contributed by atoms with E-state index in [0.717, 1.165) is 25.7 Å². The van der Waals surface area contributed by atoms with Crippen molar-refractivity contribution in [2.75, 3.05) is 0 Å². The SMILES string of the molecule is C[C@@]12CCC[C@@H]1[C@@H]1CC[C@H](CC(=O)[O-])[C@@](C)(CC(=O)[O-])[C@@H]1CC2. The number of rotatable bonds is 4. The lowest BCUT2D eigenvalue weighted by Crippen LogP contribution is -2.53. The summed E-state index contributed by atoms with van der Waals surface area (Å²) in [6.45, 7) is 4.41. The van der Waals surface area contributed by atoms with Gasteiger partial charge < -0.3 is 19.8 Å². The molecule has 3 saturated carbocycles. The van der Waals surface area contributed by atoms with Crippen molar-refractivity contribution in [2.24, 2.45) is 34.5 Å². The second-order valence-corrected chi connectivity index (χ2v) is 8.87. The van der Waals surface area contributed by atoms with E-state index >= 15 is 0 Å². The van der Waals surface area contributed by atoms with Crippen LogP contribution in [-0.2, 0) is 9.59 Å². The Hall–Kier alpha value is -1.06. The largest absolute Gasteiger partial charge is 0.550 e. The second kappa shape index (κ2) is 5.78. The van der Waals surface area contributed by atoms with Gasteiger partial charge in [0.15, 0.2) is 0 Å². The third kappa shape index (κ3) is 2.78. The fraction of sp³-hybridized carbons (Fsp3) is 0.895. The molecule has 0 aromatic rings. The lowest BCUT2D eigenvalue weighted by atomic mass is 9.47.